The Morgan fingerprint density at radius 3 is 2.81 bits per heavy atom. The van der Waals surface area contributed by atoms with Crippen molar-refractivity contribution in [2.75, 3.05) is 12.4 Å². The SMILES string of the molecule is COc1cc(O)ccc1C1CC(=O)Nc2c1c(=O)nc(SCc1ccccc1F)n2C. The fraction of sp³-hybridized carbons (Fsp3) is 0.227. The topological polar surface area (TPSA) is 93.4 Å². The number of phenols is 1. The van der Waals surface area contributed by atoms with Crippen LogP contribution in [-0.4, -0.2) is 27.7 Å². The van der Waals surface area contributed by atoms with Gasteiger partial charge in [0.2, 0.25) is 5.91 Å². The molecule has 2 N–H and O–H groups in total. The number of amides is 1. The average Bonchev–Trinajstić information content (AvgIpc) is 2.75. The van der Waals surface area contributed by atoms with Crippen molar-refractivity contribution < 1.29 is 19.0 Å². The minimum Gasteiger partial charge on any atom is -0.508 e. The predicted octanol–water partition coefficient (Wildman–Crippen LogP) is 3.40. The van der Waals surface area contributed by atoms with Crippen LogP contribution < -0.4 is 15.6 Å². The number of fused-ring (bicyclic) bond motifs is 1. The van der Waals surface area contributed by atoms with Crippen molar-refractivity contribution in [2.24, 2.45) is 7.05 Å². The maximum atomic E-state index is 13.9. The Bertz CT molecular complexity index is 1230. The number of ether oxygens (including phenoxy) is 1. The average molecular weight is 441 g/mol. The summed E-state index contributed by atoms with van der Waals surface area (Å²) >= 11 is 1.21. The molecular formula is C22H20FN3O4S. The highest BCUT2D eigenvalue weighted by molar-refractivity contribution is 7.98. The van der Waals surface area contributed by atoms with Crippen LogP contribution in [0.5, 0.6) is 11.5 Å². The molecule has 31 heavy (non-hydrogen) atoms. The molecular weight excluding hydrogens is 421 g/mol. The van der Waals surface area contributed by atoms with E-state index in [-0.39, 0.29) is 29.6 Å². The number of benzene rings is 2. The first kappa shape index (κ1) is 20.9. The van der Waals surface area contributed by atoms with Gasteiger partial charge >= 0.3 is 0 Å². The van der Waals surface area contributed by atoms with Crippen LogP contribution in [0.4, 0.5) is 10.2 Å². The highest BCUT2D eigenvalue weighted by Crippen LogP contribution is 2.40. The summed E-state index contributed by atoms with van der Waals surface area (Å²) in [6.45, 7) is 0. The van der Waals surface area contributed by atoms with Gasteiger partial charge in [-0.3, -0.25) is 9.59 Å². The molecule has 7 nitrogen and oxygen atoms in total. The smallest absolute Gasteiger partial charge is 0.279 e. The molecule has 1 aromatic heterocycles. The maximum absolute atomic E-state index is 13.9. The molecule has 1 aliphatic heterocycles. The number of rotatable bonds is 5. The zero-order chi connectivity index (χ0) is 22.1. The van der Waals surface area contributed by atoms with Gasteiger partial charge in [0, 0.05) is 36.8 Å². The summed E-state index contributed by atoms with van der Waals surface area (Å²) in [4.78, 5) is 29.7. The number of nitrogens with one attached hydrogen (secondary N) is 1. The second kappa shape index (κ2) is 8.43. The molecule has 0 radical (unpaired) electrons. The Labute approximate surface area is 181 Å². The van der Waals surface area contributed by atoms with E-state index in [0.29, 0.717) is 33.4 Å². The standard InChI is InChI=1S/C22H20FN3O4S/c1-26-20-19(21(29)25-22(26)31-11-12-5-3-4-6-16(12)23)15(10-18(28)24-20)14-8-7-13(27)9-17(14)30-2/h3-9,15,27H,10-11H2,1-2H3,(H,24,28). The summed E-state index contributed by atoms with van der Waals surface area (Å²) in [6.07, 6.45) is 0.0484. The number of thioether (sulfide) groups is 1. The first-order valence-corrected chi connectivity index (χ1v) is 10.5. The Morgan fingerprint density at radius 2 is 2.06 bits per heavy atom. The van der Waals surface area contributed by atoms with Gasteiger partial charge in [-0.15, -0.1) is 0 Å². The van der Waals surface area contributed by atoms with Crippen LogP contribution in [0, 0.1) is 5.82 Å². The van der Waals surface area contributed by atoms with Crippen LogP contribution in [0.15, 0.2) is 52.4 Å². The van der Waals surface area contributed by atoms with Crippen molar-refractivity contribution >= 4 is 23.5 Å². The second-order valence-electron chi connectivity index (χ2n) is 7.13. The number of hydrogen-bond acceptors (Lipinski definition) is 6. The molecule has 0 spiro atoms. The predicted molar refractivity (Wildman–Crippen MR) is 115 cm³/mol. The van der Waals surface area contributed by atoms with E-state index in [2.05, 4.69) is 10.3 Å². The lowest BCUT2D eigenvalue weighted by Crippen LogP contribution is -2.33. The number of aromatic hydroxyl groups is 1. The lowest BCUT2D eigenvalue weighted by Gasteiger charge is -2.28. The van der Waals surface area contributed by atoms with Gasteiger partial charge in [-0.05, 0) is 17.7 Å². The third-order valence-corrected chi connectivity index (χ3v) is 6.29. The zero-order valence-electron chi connectivity index (χ0n) is 16.9. The number of methoxy groups -OCH3 is 1. The summed E-state index contributed by atoms with van der Waals surface area (Å²) in [7, 11) is 3.16. The number of carbonyl (C=O) groups is 1. The summed E-state index contributed by atoms with van der Waals surface area (Å²) in [6, 6.07) is 11.0. The van der Waals surface area contributed by atoms with Crippen molar-refractivity contribution in [1.82, 2.24) is 9.55 Å². The molecule has 9 heteroatoms. The second-order valence-corrected chi connectivity index (χ2v) is 8.07. The van der Waals surface area contributed by atoms with E-state index in [0.717, 1.165) is 0 Å². The highest BCUT2D eigenvalue weighted by atomic mass is 32.2. The molecule has 1 amide bonds. The Hall–Kier alpha value is -3.33. The quantitative estimate of drug-likeness (QED) is 0.466. The molecule has 0 aliphatic carbocycles. The molecule has 2 aromatic carbocycles. The van der Waals surface area contributed by atoms with E-state index in [1.165, 1.54) is 37.1 Å². The summed E-state index contributed by atoms with van der Waals surface area (Å²) in [5, 5.41) is 12.9. The number of phenolic OH excluding ortho intramolecular Hbond substituents is 1. The van der Waals surface area contributed by atoms with E-state index in [1.807, 2.05) is 0 Å². The normalized spacial score (nSPS) is 15.3. The summed E-state index contributed by atoms with van der Waals surface area (Å²) in [5.74, 6) is -0.111. The van der Waals surface area contributed by atoms with E-state index in [1.54, 1.807) is 35.9 Å². The fourth-order valence-corrected chi connectivity index (χ4v) is 4.63. The van der Waals surface area contributed by atoms with Crippen molar-refractivity contribution in [3.8, 4) is 11.5 Å². The summed E-state index contributed by atoms with van der Waals surface area (Å²) in [5.41, 5.74) is 0.989. The Balaban J connectivity index is 1.76. The number of hydrogen-bond donors (Lipinski definition) is 2. The monoisotopic (exact) mass is 441 g/mol. The minimum atomic E-state index is -0.573. The molecule has 0 bridgehead atoms. The molecule has 0 saturated carbocycles. The Morgan fingerprint density at radius 1 is 1.29 bits per heavy atom. The van der Waals surface area contributed by atoms with Crippen LogP contribution in [0.25, 0.3) is 0 Å². The molecule has 1 aliphatic rings. The van der Waals surface area contributed by atoms with E-state index in [4.69, 9.17) is 4.74 Å². The van der Waals surface area contributed by atoms with Crippen LogP contribution in [0.1, 0.15) is 29.0 Å². The lowest BCUT2D eigenvalue weighted by molar-refractivity contribution is -0.116. The first-order valence-electron chi connectivity index (χ1n) is 9.53. The molecule has 4 rings (SSSR count). The highest BCUT2D eigenvalue weighted by Gasteiger charge is 2.33. The van der Waals surface area contributed by atoms with Crippen molar-refractivity contribution in [2.45, 2.75) is 23.2 Å². The van der Waals surface area contributed by atoms with E-state index < -0.39 is 11.5 Å². The Kier molecular flexibility index (Phi) is 5.69. The molecule has 1 unspecified atom stereocenters. The molecule has 160 valence electrons. The number of aromatic nitrogens is 2. The first-order chi connectivity index (χ1) is 14.9. The fourth-order valence-electron chi connectivity index (χ4n) is 3.68. The molecule has 0 saturated heterocycles. The molecule has 3 aromatic rings. The number of carbonyl (C=O) groups excluding carboxylic acids is 1. The van der Waals surface area contributed by atoms with Crippen molar-refractivity contribution in [3.63, 3.8) is 0 Å². The summed E-state index contributed by atoms with van der Waals surface area (Å²) < 4.78 is 20.9. The molecule has 0 fully saturated rings. The maximum Gasteiger partial charge on any atom is 0.279 e. The van der Waals surface area contributed by atoms with Gasteiger partial charge in [0.25, 0.3) is 5.56 Å². The third kappa shape index (κ3) is 4.00. The van der Waals surface area contributed by atoms with Crippen molar-refractivity contribution in [1.29, 1.82) is 0 Å². The van der Waals surface area contributed by atoms with Gasteiger partial charge in [0.05, 0.1) is 12.7 Å². The van der Waals surface area contributed by atoms with E-state index in [9.17, 15) is 19.1 Å². The van der Waals surface area contributed by atoms with Gasteiger partial charge in [-0.2, -0.15) is 4.98 Å². The van der Waals surface area contributed by atoms with Crippen LogP contribution >= 0.6 is 11.8 Å². The number of nitrogens with zero attached hydrogens (tertiary/aromatic N) is 2. The van der Waals surface area contributed by atoms with Gasteiger partial charge in [-0.25, -0.2) is 4.39 Å². The van der Waals surface area contributed by atoms with Crippen LogP contribution in [-0.2, 0) is 17.6 Å². The van der Waals surface area contributed by atoms with Gasteiger partial charge < -0.3 is 19.7 Å². The van der Waals surface area contributed by atoms with Gasteiger partial charge in [0.1, 0.15) is 23.1 Å². The minimum absolute atomic E-state index is 0.0204. The van der Waals surface area contributed by atoms with Gasteiger partial charge in [-0.1, -0.05) is 36.0 Å². The van der Waals surface area contributed by atoms with Gasteiger partial charge in [0.15, 0.2) is 5.16 Å². The number of halogens is 1. The van der Waals surface area contributed by atoms with E-state index >= 15 is 0 Å². The largest absolute Gasteiger partial charge is 0.508 e. The lowest BCUT2D eigenvalue weighted by atomic mass is 9.86. The molecule has 1 atom stereocenters. The van der Waals surface area contributed by atoms with Crippen molar-refractivity contribution in [3.05, 3.63) is 75.3 Å². The van der Waals surface area contributed by atoms with Crippen LogP contribution in [0.3, 0.4) is 0 Å². The van der Waals surface area contributed by atoms with Crippen LogP contribution in [0.2, 0.25) is 0 Å². The molecule has 2 heterocycles. The zero-order valence-corrected chi connectivity index (χ0v) is 17.7. The number of anilines is 1. The third-order valence-electron chi connectivity index (χ3n) is 5.21.